The minimum atomic E-state index is -0.470. The van der Waals surface area contributed by atoms with Crippen LogP contribution in [0.5, 0.6) is 5.75 Å². The number of aromatic nitrogens is 2. The van der Waals surface area contributed by atoms with Crippen LogP contribution in [0, 0.1) is 6.92 Å². The number of aromatic hydroxyl groups is 1. The summed E-state index contributed by atoms with van der Waals surface area (Å²) in [6.45, 7) is 2.83. The number of aliphatic hydroxyl groups is 1. The van der Waals surface area contributed by atoms with E-state index in [1.807, 2.05) is 30.2 Å². The van der Waals surface area contributed by atoms with Gasteiger partial charge in [-0.2, -0.15) is 0 Å². The Morgan fingerprint density at radius 3 is 3.00 bits per heavy atom. The number of fused-ring (bicyclic) bond motifs is 1. The number of hydrogen-bond acceptors (Lipinski definition) is 7. The molecule has 130 valence electrons. The molecule has 25 heavy (non-hydrogen) atoms. The third kappa shape index (κ3) is 2.80. The number of oxime groups is 1. The highest BCUT2D eigenvalue weighted by Crippen LogP contribution is 2.27. The molecule has 1 fully saturated rings. The van der Waals surface area contributed by atoms with Crippen LogP contribution in [0.25, 0.3) is 11.8 Å². The summed E-state index contributed by atoms with van der Waals surface area (Å²) in [4.78, 5) is 11.2. The fourth-order valence-corrected chi connectivity index (χ4v) is 2.90. The van der Waals surface area contributed by atoms with Crippen molar-refractivity contribution in [2.24, 2.45) is 5.16 Å². The number of hydrogen-bond donors (Lipinski definition) is 2. The highest BCUT2D eigenvalue weighted by atomic mass is 16.7. The van der Waals surface area contributed by atoms with Crippen molar-refractivity contribution in [2.45, 2.75) is 13.2 Å². The maximum Gasteiger partial charge on any atom is 0.224 e. The number of ether oxygens (including phenoxy) is 1. The molecule has 0 radical (unpaired) electrons. The Bertz CT molecular complexity index is 858. The van der Waals surface area contributed by atoms with Gasteiger partial charge in [-0.15, -0.1) is 0 Å². The van der Waals surface area contributed by atoms with Crippen molar-refractivity contribution in [1.29, 1.82) is 0 Å². The van der Waals surface area contributed by atoms with E-state index >= 15 is 0 Å². The molecule has 4 rings (SSSR count). The van der Waals surface area contributed by atoms with Crippen LogP contribution in [0.2, 0.25) is 0 Å². The van der Waals surface area contributed by atoms with E-state index in [0.29, 0.717) is 30.4 Å². The number of aliphatic hydroxyl groups excluding tert-OH is 1. The summed E-state index contributed by atoms with van der Waals surface area (Å²) in [6, 6.07) is 5.34. The highest BCUT2D eigenvalue weighted by molar-refractivity contribution is 6.01. The quantitative estimate of drug-likeness (QED) is 0.871. The zero-order valence-electron chi connectivity index (χ0n) is 13.7. The molecule has 1 unspecified atom stereocenters. The normalized spacial score (nSPS) is 20.9. The molecule has 0 bridgehead atoms. The zero-order valence-corrected chi connectivity index (χ0v) is 13.7. The van der Waals surface area contributed by atoms with Crippen LogP contribution in [0.4, 0.5) is 0 Å². The van der Waals surface area contributed by atoms with Gasteiger partial charge in [-0.1, -0.05) is 11.2 Å². The number of imidazole rings is 1. The molecule has 0 aliphatic carbocycles. The maximum absolute atomic E-state index is 10.3. The van der Waals surface area contributed by atoms with Crippen LogP contribution in [-0.2, 0) is 9.57 Å². The predicted octanol–water partition coefficient (Wildman–Crippen LogP) is 1.22. The van der Waals surface area contributed by atoms with E-state index in [1.165, 1.54) is 0 Å². The summed E-state index contributed by atoms with van der Waals surface area (Å²) in [5.74, 6) is 1.24. The number of benzene rings is 1. The fourth-order valence-electron chi connectivity index (χ4n) is 2.90. The first-order valence-electron chi connectivity index (χ1n) is 7.96. The number of phenols is 1. The zero-order chi connectivity index (χ0) is 17.4. The maximum atomic E-state index is 10.3. The van der Waals surface area contributed by atoms with Gasteiger partial charge in [0, 0.05) is 6.20 Å². The van der Waals surface area contributed by atoms with Crippen molar-refractivity contribution < 1.29 is 19.8 Å². The van der Waals surface area contributed by atoms with Crippen molar-refractivity contribution >= 4 is 11.9 Å². The molecule has 1 atom stereocenters. The Morgan fingerprint density at radius 1 is 1.40 bits per heavy atom. The second kappa shape index (κ2) is 6.14. The van der Waals surface area contributed by atoms with Gasteiger partial charge in [-0.3, -0.25) is 0 Å². The van der Waals surface area contributed by atoms with Crippen molar-refractivity contribution in [2.75, 3.05) is 19.8 Å². The third-order valence-corrected chi connectivity index (χ3v) is 4.13. The van der Waals surface area contributed by atoms with Crippen molar-refractivity contribution in [3.63, 3.8) is 0 Å². The van der Waals surface area contributed by atoms with Gasteiger partial charge in [0.2, 0.25) is 12.1 Å². The topological polar surface area (TPSA) is 92.3 Å². The van der Waals surface area contributed by atoms with Crippen molar-refractivity contribution in [1.82, 2.24) is 14.5 Å². The molecular formula is C17H18N4O4. The van der Waals surface area contributed by atoms with Gasteiger partial charge in [-0.05, 0) is 30.7 Å². The summed E-state index contributed by atoms with van der Waals surface area (Å²) in [5.41, 5.74) is 2.29. The first-order valence-corrected chi connectivity index (χ1v) is 7.96. The van der Waals surface area contributed by atoms with Crippen LogP contribution < -0.4 is 0 Å². The first kappa shape index (κ1) is 15.5. The molecule has 2 aliphatic rings. The second-order valence-corrected chi connectivity index (χ2v) is 5.88. The third-order valence-electron chi connectivity index (χ3n) is 4.13. The number of nitrogens with zero attached hydrogens (tertiary/aromatic N) is 4. The molecule has 3 heterocycles. The number of rotatable bonds is 3. The fraction of sp³-hybridized carbons (Fsp3) is 0.294. The van der Waals surface area contributed by atoms with Gasteiger partial charge >= 0.3 is 0 Å². The minimum Gasteiger partial charge on any atom is -0.506 e. The SMILES string of the molecule is Cc1cn(-c2ccc(/C=C3\OCCN4C3=NOC4CO)cc2O)cn1. The van der Waals surface area contributed by atoms with E-state index < -0.39 is 6.23 Å². The molecule has 2 aliphatic heterocycles. The Morgan fingerprint density at radius 2 is 2.28 bits per heavy atom. The molecule has 8 heteroatoms. The standard InChI is InChI=1S/C17H18N4O4/c1-11-8-20(10-18-11)13-3-2-12(6-14(13)23)7-15-17-19-25-16(9-22)21(17)4-5-24-15/h2-3,6-8,10,16,22-23H,4-5,9H2,1H3/b15-7-. The van der Waals surface area contributed by atoms with E-state index in [-0.39, 0.29) is 12.4 Å². The predicted molar refractivity (Wildman–Crippen MR) is 90.0 cm³/mol. The molecule has 0 spiro atoms. The lowest BCUT2D eigenvalue weighted by atomic mass is 10.1. The average molecular weight is 342 g/mol. The monoisotopic (exact) mass is 342 g/mol. The van der Waals surface area contributed by atoms with Crippen LogP contribution in [0.15, 0.2) is 41.6 Å². The molecular weight excluding hydrogens is 324 g/mol. The highest BCUT2D eigenvalue weighted by Gasteiger charge is 2.35. The first-order chi connectivity index (χ1) is 12.2. The van der Waals surface area contributed by atoms with Gasteiger partial charge in [0.15, 0.2) is 5.76 Å². The van der Waals surface area contributed by atoms with Gasteiger partial charge in [0.25, 0.3) is 0 Å². The number of phenolic OH excluding ortho intramolecular Hbond substituents is 1. The van der Waals surface area contributed by atoms with Crippen LogP contribution in [-0.4, -0.2) is 56.5 Å². The molecule has 1 saturated heterocycles. The lowest BCUT2D eigenvalue weighted by Crippen LogP contribution is -2.44. The summed E-state index contributed by atoms with van der Waals surface area (Å²) < 4.78 is 7.44. The summed E-state index contributed by atoms with van der Waals surface area (Å²) in [7, 11) is 0. The average Bonchev–Trinajstić information content (AvgIpc) is 3.21. The van der Waals surface area contributed by atoms with Gasteiger partial charge in [0.1, 0.15) is 19.0 Å². The van der Waals surface area contributed by atoms with E-state index in [1.54, 1.807) is 23.0 Å². The lowest BCUT2D eigenvalue weighted by molar-refractivity contribution is -0.0348. The number of morpholine rings is 1. The van der Waals surface area contributed by atoms with Gasteiger partial charge in [-0.25, -0.2) is 4.98 Å². The van der Waals surface area contributed by atoms with E-state index in [0.717, 1.165) is 11.3 Å². The molecule has 0 saturated carbocycles. The Hall–Kier alpha value is -3.00. The van der Waals surface area contributed by atoms with E-state index in [4.69, 9.17) is 9.57 Å². The number of aryl methyl sites for hydroxylation is 1. The molecule has 1 aromatic carbocycles. The van der Waals surface area contributed by atoms with Crippen LogP contribution in [0.3, 0.4) is 0 Å². The largest absolute Gasteiger partial charge is 0.506 e. The Balaban J connectivity index is 1.62. The minimum absolute atomic E-state index is 0.136. The van der Waals surface area contributed by atoms with Crippen LogP contribution >= 0.6 is 0 Å². The van der Waals surface area contributed by atoms with E-state index in [9.17, 15) is 10.2 Å². The summed E-state index contributed by atoms with van der Waals surface area (Å²) >= 11 is 0. The molecule has 1 aromatic heterocycles. The van der Waals surface area contributed by atoms with Gasteiger partial charge < -0.3 is 29.3 Å². The molecule has 2 N–H and O–H groups in total. The summed E-state index contributed by atoms with van der Waals surface area (Å²) in [6.07, 6.45) is 4.82. The number of amidine groups is 1. The Kier molecular flexibility index (Phi) is 3.81. The van der Waals surface area contributed by atoms with Gasteiger partial charge in [0.05, 0.1) is 24.3 Å². The van der Waals surface area contributed by atoms with E-state index in [2.05, 4.69) is 10.1 Å². The lowest BCUT2D eigenvalue weighted by Gasteiger charge is -2.29. The summed E-state index contributed by atoms with van der Waals surface area (Å²) in [5, 5.41) is 23.6. The van der Waals surface area contributed by atoms with Crippen molar-refractivity contribution in [3.8, 4) is 11.4 Å². The molecule has 8 nitrogen and oxygen atoms in total. The smallest absolute Gasteiger partial charge is 0.224 e. The van der Waals surface area contributed by atoms with Crippen molar-refractivity contribution in [3.05, 3.63) is 47.7 Å². The Labute approximate surface area is 144 Å². The molecule has 2 aromatic rings. The second-order valence-electron chi connectivity index (χ2n) is 5.88. The van der Waals surface area contributed by atoms with Crippen LogP contribution in [0.1, 0.15) is 11.3 Å². The molecule has 0 amide bonds.